The van der Waals surface area contributed by atoms with Gasteiger partial charge in [-0.3, -0.25) is 4.79 Å². The summed E-state index contributed by atoms with van der Waals surface area (Å²) in [4.78, 5) is 27.6. The van der Waals surface area contributed by atoms with E-state index in [4.69, 9.17) is 35.3 Å². The molecule has 0 spiro atoms. The van der Waals surface area contributed by atoms with Crippen molar-refractivity contribution >= 4 is 23.4 Å². The molecule has 0 bridgehead atoms. The molecule has 0 saturated heterocycles. The number of dihydropyridines is 1. The molecular weight excluding hydrogens is 558 g/mol. The van der Waals surface area contributed by atoms with E-state index in [-0.39, 0.29) is 38.1 Å². The van der Waals surface area contributed by atoms with Gasteiger partial charge >= 0.3 is 5.97 Å². The minimum Gasteiger partial charge on any atom is -0.497 e. The molecule has 1 N–H and O–H groups in total. The SMILES string of the molecule is COc1ccc(C2CC(=O)C3=C(C2)NC(C)=C(C(=O)OCCOc2ccccc2)C3c2cc3c(cc2Cl)OCO3)cc1. The zero-order valence-electron chi connectivity index (χ0n) is 23.3. The molecule has 0 amide bonds. The number of rotatable bonds is 8. The number of fused-ring (bicyclic) bond motifs is 1. The maximum atomic E-state index is 13.9. The lowest BCUT2D eigenvalue weighted by Gasteiger charge is -2.37. The molecule has 2 atom stereocenters. The summed E-state index contributed by atoms with van der Waals surface area (Å²) in [6, 6.07) is 20.5. The Labute approximate surface area is 248 Å². The lowest BCUT2D eigenvalue weighted by Crippen LogP contribution is -2.36. The number of methoxy groups -OCH3 is 1. The molecule has 3 aromatic rings. The Morgan fingerprint density at radius 1 is 0.976 bits per heavy atom. The molecule has 6 rings (SSSR count). The number of esters is 1. The number of hydrogen-bond acceptors (Lipinski definition) is 8. The molecule has 0 aromatic heterocycles. The van der Waals surface area contributed by atoms with E-state index in [1.54, 1.807) is 19.2 Å². The topological polar surface area (TPSA) is 92.3 Å². The molecule has 3 aliphatic rings. The summed E-state index contributed by atoms with van der Waals surface area (Å²) < 4.78 is 27.8. The van der Waals surface area contributed by atoms with Crippen molar-refractivity contribution in [1.29, 1.82) is 0 Å². The highest BCUT2D eigenvalue weighted by Crippen LogP contribution is 2.49. The van der Waals surface area contributed by atoms with E-state index in [2.05, 4.69) is 5.32 Å². The highest BCUT2D eigenvalue weighted by atomic mass is 35.5. The lowest BCUT2D eigenvalue weighted by atomic mass is 9.71. The second-order valence-electron chi connectivity index (χ2n) is 10.3. The number of carbonyl (C=O) groups is 2. The first kappa shape index (κ1) is 27.7. The van der Waals surface area contributed by atoms with Gasteiger partial charge in [-0.05, 0) is 60.7 Å². The average molecular weight is 588 g/mol. The van der Waals surface area contributed by atoms with Gasteiger partial charge in [-0.25, -0.2) is 4.79 Å². The van der Waals surface area contributed by atoms with E-state index in [1.807, 2.05) is 61.5 Å². The van der Waals surface area contributed by atoms with Gasteiger partial charge in [-0.15, -0.1) is 0 Å². The van der Waals surface area contributed by atoms with Crippen LogP contribution < -0.4 is 24.3 Å². The standard InChI is InChI=1S/C33H30ClNO7/c1-19-30(33(37)40-13-12-39-23-6-4-3-5-7-23)31(24-16-28-29(17-25(24)34)42-18-41-28)32-26(35-19)14-21(15-27(32)36)20-8-10-22(38-2)11-9-20/h3-11,16-17,21,31,35H,12-15,18H2,1-2H3. The summed E-state index contributed by atoms with van der Waals surface area (Å²) in [5.41, 5.74) is 3.83. The van der Waals surface area contributed by atoms with Crippen LogP contribution in [0.2, 0.25) is 5.02 Å². The van der Waals surface area contributed by atoms with Gasteiger partial charge in [0, 0.05) is 40.4 Å². The third-order valence-electron chi connectivity index (χ3n) is 7.77. The van der Waals surface area contributed by atoms with Crippen molar-refractivity contribution < 1.29 is 33.3 Å². The van der Waals surface area contributed by atoms with E-state index in [1.165, 1.54) is 0 Å². The fraction of sp³-hybridized carbons (Fsp3) is 0.273. The predicted octanol–water partition coefficient (Wildman–Crippen LogP) is 6.06. The van der Waals surface area contributed by atoms with E-state index in [0.29, 0.717) is 51.1 Å². The minimum absolute atomic E-state index is 0.0287. The number of Topliss-reactive ketones (excluding diaryl/α,β-unsaturated/α-hetero) is 1. The van der Waals surface area contributed by atoms with Crippen LogP contribution in [0, 0.1) is 0 Å². The van der Waals surface area contributed by atoms with Crippen LogP contribution in [0.3, 0.4) is 0 Å². The predicted molar refractivity (Wildman–Crippen MR) is 156 cm³/mol. The van der Waals surface area contributed by atoms with E-state index in [9.17, 15) is 9.59 Å². The molecule has 0 radical (unpaired) electrons. The van der Waals surface area contributed by atoms with Gasteiger partial charge in [-0.2, -0.15) is 0 Å². The molecule has 2 unspecified atom stereocenters. The van der Waals surface area contributed by atoms with Crippen LogP contribution in [0.15, 0.2) is 89.3 Å². The van der Waals surface area contributed by atoms with E-state index in [0.717, 1.165) is 17.0 Å². The maximum Gasteiger partial charge on any atom is 0.336 e. The molecule has 8 nitrogen and oxygen atoms in total. The third kappa shape index (κ3) is 5.42. The van der Waals surface area contributed by atoms with Crippen LogP contribution in [0.5, 0.6) is 23.0 Å². The van der Waals surface area contributed by atoms with Crippen LogP contribution in [0.25, 0.3) is 0 Å². The number of ketones is 1. The first-order valence-electron chi connectivity index (χ1n) is 13.7. The highest BCUT2D eigenvalue weighted by Gasteiger charge is 2.42. The molecule has 2 heterocycles. The molecule has 3 aromatic carbocycles. The van der Waals surface area contributed by atoms with E-state index >= 15 is 0 Å². The van der Waals surface area contributed by atoms with Gasteiger partial charge in [0.1, 0.15) is 24.7 Å². The summed E-state index contributed by atoms with van der Waals surface area (Å²) in [6.07, 6.45) is 0.883. The first-order valence-corrected chi connectivity index (χ1v) is 14.1. The fourth-order valence-electron chi connectivity index (χ4n) is 5.77. The van der Waals surface area contributed by atoms with E-state index < -0.39 is 11.9 Å². The minimum atomic E-state index is -0.741. The Kier molecular flexibility index (Phi) is 7.80. The molecule has 2 aliphatic heterocycles. The zero-order valence-corrected chi connectivity index (χ0v) is 24.0. The normalized spacial score (nSPS) is 19.3. The third-order valence-corrected chi connectivity index (χ3v) is 8.09. The molecule has 216 valence electrons. The Morgan fingerprint density at radius 2 is 1.71 bits per heavy atom. The molecule has 1 aliphatic carbocycles. The van der Waals surface area contributed by atoms with Crippen molar-refractivity contribution in [2.75, 3.05) is 27.1 Å². The van der Waals surface area contributed by atoms with Crippen molar-refractivity contribution in [2.45, 2.75) is 31.6 Å². The van der Waals surface area contributed by atoms with Crippen LogP contribution in [0.4, 0.5) is 0 Å². The Bertz CT molecular complexity index is 1580. The number of carbonyl (C=O) groups excluding carboxylic acids is 2. The Hall–Kier alpha value is -4.43. The van der Waals surface area contributed by atoms with Gasteiger partial charge in [-0.1, -0.05) is 41.9 Å². The summed E-state index contributed by atoms with van der Waals surface area (Å²) in [7, 11) is 1.62. The fourth-order valence-corrected chi connectivity index (χ4v) is 6.04. The lowest BCUT2D eigenvalue weighted by molar-refractivity contribution is -0.140. The number of benzene rings is 3. The van der Waals surface area contributed by atoms with Crippen molar-refractivity contribution in [3.05, 3.63) is 105 Å². The number of allylic oxidation sites excluding steroid dienone is 3. The average Bonchev–Trinajstić information content (AvgIpc) is 3.46. The Morgan fingerprint density at radius 3 is 2.45 bits per heavy atom. The molecule has 0 saturated carbocycles. The van der Waals surface area contributed by atoms with Gasteiger partial charge in [0.25, 0.3) is 0 Å². The van der Waals surface area contributed by atoms with Gasteiger partial charge in [0.2, 0.25) is 6.79 Å². The number of para-hydroxylation sites is 1. The maximum absolute atomic E-state index is 13.9. The van der Waals surface area contributed by atoms with Crippen molar-refractivity contribution in [3.63, 3.8) is 0 Å². The van der Waals surface area contributed by atoms with Crippen LogP contribution in [-0.2, 0) is 14.3 Å². The molecule has 42 heavy (non-hydrogen) atoms. The smallest absolute Gasteiger partial charge is 0.336 e. The quantitative estimate of drug-likeness (QED) is 0.251. The van der Waals surface area contributed by atoms with Crippen LogP contribution in [-0.4, -0.2) is 38.9 Å². The number of halogens is 1. The summed E-state index contributed by atoms with van der Waals surface area (Å²) in [6.45, 7) is 2.10. The van der Waals surface area contributed by atoms with Gasteiger partial charge in [0.05, 0.1) is 12.7 Å². The monoisotopic (exact) mass is 587 g/mol. The first-order chi connectivity index (χ1) is 20.4. The second-order valence-corrected chi connectivity index (χ2v) is 10.7. The summed E-state index contributed by atoms with van der Waals surface area (Å²) in [5.74, 6) is 1.09. The number of hydrogen-bond donors (Lipinski definition) is 1. The summed E-state index contributed by atoms with van der Waals surface area (Å²) >= 11 is 6.79. The zero-order chi connectivity index (χ0) is 29.2. The summed E-state index contributed by atoms with van der Waals surface area (Å²) in [5, 5.41) is 3.74. The number of ether oxygens (including phenoxy) is 5. The largest absolute Gasteiger partial charge is 0.497 e. The Balaban J connectivity index is 1.32. The van der Waals surface area contributed by atoms with Crippen molar-refractivity contribution in [1.82, 2.24) is 5.32 Å². The highest BCUT2D eigenvalue weighted by molar-refractivity contribution is 6.32. The number of nitrogens with one attached hydrogen (secondary N) is 1. The van der Waals surface area contributed by atoms with Crippen LogP contribution in [0.1, 0.15) is 42.7 Å². The second kappa shape index (κ2) is 11.8. The van der Waals surface area contributed by atoms with Gasteiger partial charge in [0.15, 0.2) is 17.3 Å². The van der Waals surface area contributed by atoms with Gasteiger partial charge < -0.3 is 29.0 Å². The van der Waals surface area contributed by atoms with Crippen molar-refractivity contribution in [3.8, 4) is 23.0 Å². The molecular formula is C33H30ClNO7. The van der Waals surface area contributed by atoms with Crippen LogP contribution >= 0.6 is 11.6 Å². The molecule has 0 fully saturated rings. The van der Waals surface area contributed by atoms with Crippen molar-refractivity contribution in [2.24, 2.45) is 0 Å². The molecule has 9 heteroatoms.